The van der Waals surface area contributed by atoms with Crippen LogP contribution in [-0.4, -0.2) is 23.5 Å². The van der Waals surface area contributed by atoms with Crippen LogP contribution in [0.15, 0.2) is 114 Å². The highest BCUT2D eigenvalue weighted by molar-refractivity contribution is 8.00. The Labute approximate surface area is 240 Å². The lowest BCUT2D eigenvalue weighted by Gasteiger charge is -2.12. The Balaban J connectivity index is 1.39. The molecule has 0 aliphatic rings. The molecule has 0 saturated heterocycles. The quantitative estimate of drug-likeness (QED) is 0.146. The number of carbonyl (C=O) groups is 3. The average Bonchev–Trinajstić information content (AvgIpc) is 2.95. The van der Waals surface area contributed by atoms with E-state index in [1.165, 1.54) is 11.8 Å². The van der Waals surface area contributed by atoms with Crippen LogP contribution >= 0.6 is 35.0 Å². The molecule has 0 atom stereocenters. The Morgan fingerprint density at radius 1 is 0.769 bits per heavy atom. The topological polar surface area (TPSA) is 87.3 Å². The number of nitrogens with one attached hydrogen (secondary N) is 3. The molecule has 6 nitrogen and oxygen atoms in total. The standard InChI is InChI=1S/C30H23Cl2N3O3S/c31-22-11-16-25(32)26(18-22)34-28(36)19-39-24-14-12-23(13-15-24)33-30(38)27(17-20-7-3-1-4-8-20)35-29(37)21-9-5-2-6-10-21/h1-18H,19H2,(H,33,38)(H,34,36)(H,35,37)/b27-17-. The fourth-order valence-electron chi connectivity index (χ4n) is 3.42. The number of rotatable bonds is 9. The van der Waals surface area contributed by atoms with Crippen molar-refractivity contribution < 1.29 is 14.4 Å². The van der Waals surface area contributed by atoms with Crippen LogP contribution in [-0.2, 0) is 9.59 Å². The van der Waals surface area contributed by atoms with Crippen LogP contribution in [0, 0.1) is 0 Å². The second kappa shape index (κ2) is 13.7. The molecular weight excluding hydrogens is 553 g/mol. The lowest BCUT2D eigenvalue weighted by Crippen LogP contribution is -2.30. The predicted octanol–water partition coefficient (Wildman–Crippen LogP) is 7.13. The maximum atomic E-state index is 13.1. The van der Waals surface area contributed by atoms with Crippen molar-refractivity contribution in [2.24, 2.45) is 0 Å². The summed E-state index contributed by atoms with van der Waals surface area (Å²) in [5.74, 6) is -0.936. The molecule has 0 aliphatic heterocycles. The van der Waals surface area contributed by atoms with Gasteiger partial charge in [-0.05, 0) is 66.2 Å². The Bertz CT molecular complexity index is 1500. The van der Waals surface area contributed by atoms with Gasteiger partial charge in [-0.25, -0.2) is 0 Å². The number of hydrogen-bond acceptors (Lipinski definition) is 4. The molecule has 0 fully saturated rings. The van der Waals surface area contributed by atoms with Gasteiger partial charge >= 0.3 is 0 Å². The van der Waals surface area contributed by atoms with Crippen molar-refractivity contribution in [3.8, 4) is 0 Å². The summed E-state index contributed by atoms with van der Waals surface area (Å²) in [6, 6.07) is 29.8. The zero-order chi connectivity index (χ0) is 27.6. The van der Waals surface area contributed by atoms with E-state index in [9.17, 15) is 14.4 Å². The maximum absolute atomic E-state index is 13.1. The van der Waals surface area contributed by atoms with Gasteiger partial charge in [0.05, 0.1) is 16.5 Å². The first-order chi connectivity index (χ1) is 18.9. The van der Waals surface area contributed by atoms with Gasteiger partial charge in [-0.15, -0.1) is 11.8 Å². The minimum atomic E-state index is -0.471. The molecule has 0 aromatic heterocycles. The molecule has 4 aromatic rings. The van der Waals surface area contributed by atoms with Gasteiger partial charge in [0, 0.05) is 21.2 Å². The zero-order valence-electron chi connectivity index (χ0n) is 20.5. The number of anilines is 2. The van der Waals surface area contributed by atoms with E-state index >= 15 is 0 Å². The molecule has 3 amide bonds. The number of amides is 3. The fraction of sp³-hybridized carbons (Fsp3) is 0.0333. The highest BCUT2D eigenvalue weighted by atomic mass is 35.5. The van der Waals surface area contributed by atoms with Gasteiger partial charge in [-0.1, -0.05) is 71.7 Å². The van der Waals surface area contributed by atoms with Gasteiger partial charge in [0.2, 0.25) is 5.91 Å². The van der Waals surface area contributed by atoms with Gasteiger partial charge in [0.25, 0.3) is 11.8 Å². The number of hydrogen-bond donors (Lipinski definition) is 3. The van der Waals surface area contributed by atoms with E-state index in [1.54, 1.807) is 72.8 Å². The molecule has 0 aliphatic carbocycles. The molecule has 4 aromatic carbocycles. The van der Waals surface area contributed by atoms with Crippen molar-refractivity contribution in [3.63, 3.8) is 0 Å². The number of thioether (sulfide) groups is 1. The van der Waals surface area contributed by atoms with Crippen molar-refractivity contribution in [3.05, 3.63) is 130 Å². The van der Waals surface area contributed by atoms with Gasteiger partial charge in [0.1, 0.15) is 5.70 Å². The van der Waals surface area contributed by atoms with Crippen LogP contribution in [0.25, 0.3) is 6.08 Å². The summed E-state index contributed by atoms with van der Waals surface area (Å²) in [5, 5.41) is 9.15. The average molecular weight is 577 g/mol. The van der Waals surface area contributed by atoms with E-state index in [0.29, 0.717) is 27.0 Å². The maximum Gasteiger partial charge on any atom is 0.272 e. The lowest BCUT2D eigenvalue weighted by molar-refractivity contribution is -0.114. The molecule has 0 spiro atoms. The van der Waals surface area contributed by atoms with Crippen molar-refractivity contribution in [1.29, 1.82) is 0 Å². The molecule has 0 heterocycles. The summed E-state index contributed by atoms with van der Waals surface area (Å²) in [5.41, 5.74) is 2.29. The normalized spacial score (nSPS) is 11.0. The minimum absolute atomic E-state index is 0.102. The van der Waals surface area contributed by atoms with E-state index in [1.807, 2.05) is 36.4 Å². The van der Waals surface area contributed by atoms with Gasteiger partial charge in [0.15, 0.2) is 0 Å². The summed E-state index contributed by atoms with van der Waals surface area (Å²) in [6.07, 6.45) is 1.62. The molecule has 0 unspecified atom stereocenters. The van der Waals surface area contributed by atoms with E-state index < -0.39 is 11.8 Å². The minimum Gasteiger partial charge on any atom is -0.324 e. The Hall–Kier alpha value is -4.04. The fourth-order valence-corrected chi connectivity index (χ4v) is 4.46. The van der Waals surface area contributed by atoms with Crippen molar-refractivity contribution in [1.82, 2.24) is 5.32 Å². The van der Waals surface area contributed by atoms with E-state index in [0.717, 1.165) is 10.5 Å². The summed E-state index contributed by atoms with van der Waals surface area (Å²) >= 11 is 13.4. The number of halogens is 2. The van der Waals surface area contributed by atoms with Gasteiger partial charge < -0.3 is 16.0 Å². The predicted molar refractivity (Wildman–Crippen MR) is 159 cm³/mol. The van der Waals surface area contributed by atoms with Crippen LogP contribution in [0.2, 0.25) is 10.0 Å². The molecule has 0 bridgehead atoms. The van der Waals surface area contributed by atoms with Crippen LogP contribution < -0.4 is 16.0 Å². The smallest absolute Gasteiger partial charge is 0.272 e. The van der Waals surface area contributed by atoms with Crippen molar-refractivity contribution in [2.45, 2.75) is 4.90 Å². The molecule has 0 saturated carbocycles. The zero-order valence-corrected chi connectivity index (χ0v) is 22.8. The third kappa shape index (κ3) is 8.48. The molecule has 39 heavy (non-hydrogen) atoms. The highest BCUT2D eigenvalue weighted by Crippen LogP contribution is 2.26. The first-order valence-electron chi connectivity index (χ1n) is 11.8. The molecule has 196 valence electrons. The Kier molecular flexibility index (Phi) is 9.80. The van der Waals surface area contributed by atoms with Crippen LogP contribution in [0.5, 0.6) is 0 Å². The molecule has 0 radical (unpaired) electrons. The number of benzene rings is 4. The second-order valence-electron chi connectivity index (χ2n) is 8.23. The molecule has 3 N–H and O–H groups in total. The Morgan fingerprint density at radius 3 is 2.13 bits per heavy atom. The van der Waals surface area contributed by atoms with Crippen LogP contribution in [0.1, 0.15) is 15.9 Å². The third-order valence-corrected chi connectivity index (χ3v) is 6.90. The van der Waals surface area contributed by atoms with Crippen LogP contribution in [0.4, 0.5) is 11.4 Å². The van der Waals surface area contributed by atoms with E-state index in [2.05, 4.69) is 16.0 Å². The molecular formula is C30H23Cl2N3O3S. The lowest BCUT2D eigenvalue weighted by atomic mass is 10.1. The van der Waals surface area contributed by atoms with Gasteiger partial charge in [-0.3, -0.25) is 14.4 Å². The van der Waals surface area contributed by atoms with Gasteiger partial charge in [-0.2, -0.15) is 0 Å². The summed E-state index contributed by atoms with van der Waals surface area (Å²) in [4.78, 5) is 39.1. The van der Waals surface area contributed by atoms with E-state index in [4.69, 9.17) is 23.2 Å². The first kappa shape index (κ1) is 28.0. The SMILES string of the molecule is O=C(CSc1ccc(NC(=O)/C(=C/c2ccccc2)NC(=O)c2ccccc2)cc1)Nc1cc(Cl)ccc1Cl. The molecule has 9 heteroatoms. The molecule has 4 rings (SSSR count). The van der Waals surface area contributed by atoms with Crippen molar-refractivity contribution >= 4 is 70.1 Å². The third-order valence-electron chi connectivity index (χ3n) is 5.32. The monoisotopic (exact) mass is 575 g/mol. The second-order valence-corrected chi connectivity index (χ2v) is 10.1. The van der Waals surface area contributed by atoms with E-state index in [-0.39, 0.29) is 17.4 Å². The summed E-state index contributed by atoms with van der Waals surface area (Å²) in [6.45, 7) is 0. The first-order valence-corrected chi connectivity index (χ1v) is 13.5. The van der Waals surface area contributed by atoms with Crippen LogP contribution in [0.3, 0.4) is 0 Å². The summed E-state index contributed by atoms with van der Waals surface area (Å²) in [7, 11) is 0. The number of carbonyl (C=O) groups excluding carboxylic acids is 3. The Morgan fingerprint density at radius 2 is 1.44 bits per heavy atom. The van der Waals surface area contributed by atoms with Crippen molar-refractivity contribution in [2.75, 3.05) is 16.4 Å². The highest BCUT2D eigenvalue weighted by Gasteiger charge is 2.15. The summed E-state index contributed by atoms with van der Waals surface area (Å²) < 4.78 is 0. The largest absolute Gasteiger partial charge is 0.324 e.